The number of benzene rings is 1. The second-order valence-corrected chi connectivity index (χ2v) is 9.90. The number of carbonyl (C=O) groups excluding carboxylic acids is 1. The molecule has 0 radical (unpaired) electrons. The van der Waals surface area contributed by atoms with E-state index in [0.29, 0.717) is 17.4 Å². The Bertz CT molecular complexity index is 1180. The minimum Gasteiger partial charge on any atom is -0.355 e. The standard InChI is InChI=1S/C23H27ClN6OS/c1-13-14(2)32-23-20(13)21(16-6-8-17(24)9-7-16)26-18(22-28-27-15(3)30(22)23)12-19(31)25-10-11-29(4)5/h6-9,18H,10-12H2,1-5H3,(H,25,31). The van der Waals surface area contributed by atoms with Crippen LogP contribution in [0, 0.1) is 20.8 Å². The molecule has 168 valence electrons. The van der Waals surface area contributed by atoms with E-state index < -0.39 is 6.04 Å². The first-order chi connectivity index (χ1) is 15.3. The maximum Gasteiger partial charge on any atom is 0.222 e. The van der Waals surface area contributed by atoms with E-state index in [-0.39, 0.29) is 12.3 Å². The van der Waals surface area contributed by atoms with Crippen LogP contribution < -0.4 is 5.32 Å². The second-order valence-electron chi connectivity index (χ2n) is 8.26. The first-order valence-corrected chi connectivity index (χ1v) is 11.7. The van der Waals surface area contributed by atoms with Gasteiger partial charge in [-0.25, -0.2) is 0 Å². The van der Waals surface area contributed by atoms with Crippen LogP contribution in [0.5, 0.6) is 0 Å². The van der Waals surface area contributed by atoms with Crippen LogP contribution in [0.4, 0.5) is 0 Å². The molecule has 9 heteroatoms. The van der Waals surface area contributed by atoms with E-state index >= 15 is 0 Å². The smallest absolute Gasteiger partial charge is 0.222 e. The van der Waals surface area contributed by atoms with Crippen molar-refractivity contribution in [3.05, 3.63) is 62.5 Å². The molecule has 0 saturated carbocycles. The Morgan fingerprint density at radius 3 is 2.59 bits per heavy atom. The number of aromatic nitrogens is 3. The molecule has 7 nitrogen and oxygen atoms in total. The van der Waals surface area contributed by atoms with Crippen molar-refractivity contribution < 1.29 is 4.79 Å². The summed E-state index contributed by atoms with van der Waals surface area (Å²) in [6.45, 7) is 7.53. The van der Waals surface area contributed by atoms with Gasteiger partial charge in [-0.15, -0.1) is 21.5 Å². The number of fused-ring (bicyclic) bond motifs is 3. The third-order valence-corrected chi connectivity index (χ3v) is 7.06. The van der Waals surface area contributed by atoms with Crippen molar-refractivity contribution in [1.29, 1.82) is 0 Å². The highest BCUT2D eigenvalue weighted by Crippen LogP contribution is 2.39. The molecule has 3 heterocycles. The summed E-state index contributed by atoms with van der Waals surface area (Å²) in [5, 5.41) is 13.5. The topological polar surface area (TPSA) is 75.4 Å². The number of hydrogen-bond acceptors (Lipinski definition) is 6. The van der Waals surface area contributed by atoms with Crippen molar-refractivity contribution in [2.75, 3.05) is 27.2 Å². The number of amides is 1. The zero-order chi connectivity index (χ0) is 23.0. The van der Waals surface area contributed by atoms with E-state index in [1.165, 1.54) is 10.4 Å². The first kappa shape index (κ1) is 22.6. The van der Waals surface area contributed by atoms with Crippen molar-refractivity contribution in [3.8, 4) is 5.00 Å². The predicted octanol–water partition coefficient (Wildman–Crippen LogP) is 3.87. The van der Waals surface area contributed by atoms with Gasteiger partial charge in [0.1, 0.15) is 16.9 Å². The Balaban J connectivity index is 1.81. The molecule has 4 rings (SSSR count). The van der Waals surface area contributed by atoms with Crippen molar-refractivity contribution in [2.24, 2.45) is 4.99 Å². The van der Waals surface area contributed by atoms with E-state index in [4.69, 9.17) is 16.6 Å². The van der Waals surface area contributed by atoms with Gasteiger partial charge in [0, 0.05) is 34.1 Å². The Kier molecular flexibility index (Phi) is 6.46. The molecule has 0 saturated heterocycles. The van der Waals surface area contributed by atoms with Gasteiger partial charge in [-0.3, -0.25) is 14.4 Å². The van der Waals surface area contributed by atoms with Crippen LogP contribution in [0.15, 0.2) is 29.3 Å². The van der Waals surface area contributed by atoms with Gasteiger partial charge >= 0.3 is 0 Å². The molecule has 1 N–H and O–H groups in total. The van der Waals surface area contributed by atoms with Gasteiger partial charge in [0.15, 0.2) is 5.82 Å². The van der Waals surface area contributed by atoms with Crippen molar-refractivity contribution >= 4 is 34.6 Å². The van der Waals surface area contributed by atoms with Gasteiger partial charge in [-0.05, 0) is 52.6 Å². The molecule has 0 aliphatic carbocycles. The van der Waals surface area contributed by atoms with Gasteiger partial charge in [-0.1, -0.05) is 23.7 Å². The van der Waals surface area contributed by atoms with Gasteiger partial charge in [0.05, 0.1) is 12.1 Å². The van der Waals surface area contributed by atoms with Crippen LogP contribution >= 0.6 is 22.9 Å². The monoisotopic (exact) mass is 470 g/mol. The van der Waals surface area contributed by atoms with Gasteiger partial charge in [0.25, 0.3) is 0 Å². The molecule has 1 unspecified atom stereocenters. The van der Waals surface area contributed by atoms with Crippen molar-refractivity contribution in [1.82, 2.24) is 25.0 Å². The predicted molar refractivity (Wildman–Crippen MR) is 129 cm³/mol. The third kappa shape index (κ3) is 4.35. The minimum atomic E-state index is -0.444. The molecule has 1 atom stereocenters. The highest BCUT2D eigenvalue weighted by atomic mass is 35.5. The normalized spacial score (nSPS) is 15.2. The van der Waals surface area contributed by atoms with Crippen LogP contribution in [-0.2, 0) is 4.79 Å². The molecule has 0 fully saturated rings. The zero-order valence-corrected chi connectivity index (χ0v) is 20.5. The van der Waals surface area contributed by atoms with Gasteiger partial charge in [-0.2, -0.15) is 0 Å². The Morgan fingerprint density at radius 2 is 1.91 bits per heavy atom. The molecule has 2 aromatic heterocycles. The maximum absolute atomic E-state index is 12.8. The molecule has 1 aliphatic rings. The number of halogens is 1. The van der Waals surface area contributed by atoms with Gasteiger partial charge in [0.2, 0.25) is 5.91 Å². The van der Waals surface area contributed by atoms with Crippen molar-refractivity contribution in [2.45, 2.75) is 33.2 Å². The molecule has 1 aromatic carbocycles. The van der Waals surface area contributed by atoms with E-state index in [9.17, 15) is 4.79 Å². The number of nitrogens with zero attached hydrogens (tertiary/aromatic N) is 5. The maximum atomic E-state index is 12.8. The third-order valence-electron chi connectivity index (χ3n) is 5.62. The fraction of sp³-hybridized carbons (Fsp3) is 0.391. The summed E-state index contributed by atoms with van der Waals surface area (Å²) in [6.07, 6.45) is 0.204. The summed E-state index contributed by atoms with van der Waals surface area (Å²) >= 11 is 7.85. The SMILES string of the molecule is Cc1sc2c(c1C)C(c1ccc(Cl)cc1)=NC(CC(=O)NCCN(C)C)c1nnc(C)n1-2. The summed E-state index contributed by atoms with van der Waals surface area (Å²) in [5.41, 5.74) is 4.06. The van der Waals surface area contributed by atoms with E-state index in [2.05, 4.69) is 33.9 Å². The second kappa shape index (κ2) is 9.13. The molecular weight excluding hydrogens is 444 g/mol. The van der Waals surface area contributed by atoms with E-state index in [0.717, 1.165) is 34.2 Å². The average Bonchev–Trinajstić information content (AvgIpc) is 3.21. The summed E-state index contributed by atoms with van der Waals surface area (Å²) in [4.78, 5) is 21.1. The number of aryl methyl sites for hydroxylation is 2. The number of rotatable bonds is 6. The lowest BCUT2D eigenvalue weighted by atomic mass is 9.99. The van der Waals surface area contributed by atoms with E-state index in [1.54, 1.807) is 11.3 Å². The summed E-state index contributed by atoms with van der Waals surface area (Å²) in [5.74, 6) is 1.42. The molecule has 32 heavy (non-hydrogen) atoms. The van der Waals surface area contributed by atoms with Gasteiger partial charge < -0.3 is 10.2 Å². The lowest BCUT2D eigenvalue weighted by Gasteiger charge is -2.14. The van der Waals surface area contributed by atoms with Crippen LogP contribution in [0.1, 0.15) is 45.7 Å². The molecule has 1 aliphatic heterocycles. The lowest BCUT2D eigenvalue weighted by Crippen LogP contribution is -2.32. The number of likely N-dealkylation sites (N-methyl/N-ethyl adjacent to an activating group) is 1. The number of aliphatic imine (C=N–C) groups is 1. The first-order valence-electron chi connectivity index (χ1n) is 10.5. The highest BCUT2D eigenvalue weighted by molar-refractivity contribution is 7.15. The highest BCUT2D eigenvalue weighted by Gasteiger charge is 2.32. The molecular formula is C23H27ClN6OS. The molecule has 0 spiro atoms. The van der Waals surface area contributed by atoms with Crippen LogP contribution in [0.2, 0.25) is 5.02 Å². The summed E-state index contributed by atoms with van der Waals surface area (Å²) in [6, 6.07) is 7.25. The van der Waals surface area contributed by atoms with Crippen LogP contribution in [0.25, 0.3) is 5.00 Å². The summed E-state index contributed by atoms with van der Waals surface area (Å²) < 4.78 is 2.06. The fourth-order valence-electron chi connectivity index (χ4n) is 3.80. The number of carbonyl (C=O) groups is 1. The Labute approximate surface area is 197 Å². The van der Waals surface area contributed by atoms with E-state index in [1.807, 2.05) is 50.2 Å². The lowest BCUT2D eigenvalue weighted by molar-refractivity contribution is -0.121. The van der Waals surface area contributed by atoms with Crippen molar-refractivity contribution in [3.63, 3.8) is 0 Å². The largest absolute Gasteiger partial charge is 0.355 e. The summed E-state index contributed by atoms with van der Waals surface area (Å²) in [7, 11) is 3.96. The quantitative estimate of drug-likeness (QED) is 0.593. The Hall–Kier alpha value is -2.55. The Morgan fingerprint density at radius 1 is 1.19 bits per heavy atom. The fourth-order valence-corrected chi connectivity index (χ4v) is 5.14. The average molecular weight is 471 g/mol. The molecule has 3 aromatic rings. The zero-order valence-electron chi connectivity index (χ0n) is 18.9. The number of hydrogen-bond donors (Lipinski definition) is 1. The number of nitrogens with one attached hydrogen (secondary N) is 1. The molecule has 1 amide bonds. The number of thiophene rings is 1. The van der Waals surface area contributed by atoms with Crippen LogP contribution in [-0.4, -0.2) is 58.5 Å². The minimum absolute atomic E-state index is 0.0542. The molecule has 0 bridgehead atoms. The van der Waals surface area contributed by atoms with Crippen LogP contribution in [0.3, 0.4) is 0 Å².